The highest BCUT2D eigenvalue weighted by Crippen LogP contribution is 2.30. The summed E-state index contributed by atoms with van der Waals surface area (Å²) in [6.07, 6.45) is -4.50. The molecule has 0 aliphatic carbocycles. The number of carbonyl (C=O) groups is 1. The first-order valence-corrected chi connectivity index (χ1v) is 6.68. The third kappa shape index (κ3) is 3.80. The van der Waals surface area contributed by atoms with E-state index in [0.29, 0.717) is 0 Å². The molecule has 24 heavy (non-hydrogen) atoms. The Labute approximate surface area is 134 Å². The molecule has 0 heterocycles. The minimum absolute atomic E-state index is 0.0289. The first-order chi connectivity index (χ1) is 11.2. The lowest BCUT2D eigenvalue weighted by molar-refractivity contribution is -0.385. The first kappa shape index (κ1) is 17.3. The lowest BCUT2D eigenvalue weighted by atomic mass is 10.1. The molecular weight excluding hydrogens is 327 g/mol. The van der Waals surface area contributed by atoms with E-state index < -0.39 is 22.6 Å². The van der Waals surface area contributed by atoms with Crippen molar-refractivity contribution in [2.45, 2.75) is 13.1 Å². The number of amides is 1. The molecule has 0 spiro atoms. The lowest BCUT2D eigenvalue weighted by Gasteiger charge is -2.12. The Morgan fingerprint density at radius 1 is 1.17 bits per heavy atom. The molecule has 0 saturated carbocycles. The number of alkyl halides is 3. The SMILES string of the molecule is Cc1c(C(=O)NNc2cccc(C(F)(F)F)c2)cccc1[N+](=O)[O-]. The van der Waals surface area contributed by atoms with Crippen LogP contribution in [0.2, 0.25) is 0 Å². The van der Waals surface area contributed by atoms with Crippen molar-refractivity contribution in [3.05, 3.63) is 69.3 Å². The van der Waals surface area contributed by atoms with Gasteiger partial charge in [-0.05, 0) is 31.2 Å². The van der Waals surface area contributed by atoms with Gasteiger partial charge in [0.2, 0.25) is 0 Å². The summed E-state index contributed by atoms with van der Waals surface area (Å²) in [5, 5.41) is 10.9. The number of halogens is 3. The van der Waals surface area contributed by atoms with Gasteiger partial charge in [0, 0.05) is 11.6 Å². The molecule has 0 aliphatic heterocycles. The molecule has 2 rings (SSSR count). The Balaban J connectivity index is 2.15. The zero-order chi connectivity index (χ0) is 17.9. The van der Waals surface area contributed by atoms with Gasteiger partial charge in [-0.2, -0.15) is 13.2 Å². The van der Waals surface area contributed by atoms with E-state index in [2.05, 4.69) is 10.9 Å². The van der Waals surface area contributed by atoms with Gasteiger partial charge in [0.15, 0.2) is 0 Å². The molecule has 0 fully saturated rings. The summed E-state index contributed by atoms with van der Waals surface area (Å²) < 4.78 is 37.9. The summed E-state index contributed by atoms with van der Waals surface area (Å²) in [4.78, 5) is 22.3. The number of nitrogens with zero attached hydrogens (tertiary/aromatic N) is 1. The molecule has 0 atom stereocenters. The molecule has 9 heteroatoms. The summed E-state index contributed by atoms with van der Waals surface area (Å²) >= 11 is 0. The number of hydrogen-bond acceptors (Lipinski definition) is 4. The Hall–Kier alpha value is -3.10. The smallest absolute Gasteiger partial charge is 0.298 e. The standard InChI is InChI=1S/C15H12F3N3O3/c1-9-12(6-3-7-13(9)21(23)24)14(22)20-19-11-5-2-4-10(8-11)15(16,17)18/h2-8,19H,1H3,(H,20,22). The average molecular weight is 339 g/mol. The van der Waals surface area contributed by atoms with Crippen molar-refractivity contribution < 1.29 is 22.9 Å². The van der Waals surface area contributed by atoms with Gasteiger partial charge in [-0.3, -0.25) is 25.8 Å². The number of benzene rings is 2. The fourth-order valence-electron chi connectivity index (χ4n) is 2.04. The minimum atomic E-state index is -4.50. The van der Waals surface area contributed by atoms with E-state index in [1.54, 1.807) is 0 Å². The number of nitrogens with one attached hydrogen (secondary N) is 2. The molecule has 0 aliphatic rings. The molecule has 6 nitrogen and oxygen atoms in total. The number of nitro groups is 1. The highest BCUT2D eigenvalue weighted by atomic mass is 19.4. The van der Waals surface area contributed by atoms with Crippen LogP contribution in [0.3, 0.4) is 0 Å². The molecule has 0 radical (unpaired) electrons. The predicted octanol–water partition coefficient (Wildman–Crippen LogP) is 3.68. The number of nitro benzene ring substituents is 1. The van der Waals surface area contributed by atoms with Gasteiger partial charge in [-0.15, -0.1) is 0 Å². The molecular formula is C15H12F3N3O3. The van der Waals surface area contributed by atoms with Crippen molar-refractivity contribution in [3.8, 4) is 0 Å². The first-order valence-electron chi connectivity index (χ1n) is 6.68. The van der Waals surface area contributed by atoms with Crippen LogP contribution in [0.4, 0.5) is 24.5 Å². The Morgan fingerprint density at radius 3 is 2.46 bits per heavy atom. The van der Waals surface area contributed by atoms with E-state index in [0.717, 1.165) is 12.1 Å². The van der Waals surface area contributed by atoms with E-state index in [-0.39, 0.29) is 22.5 Å². The number of carbonyl (C=O) groups excluding carboxylic acids is 1. The van der Waals surface area contributed by atoms with Crippen LogP contribution in [0.5, 0.6) is 0 Å². The normalized spacial score (nSPS) is 11.0. The van der Waals surface area contributed by atoms with Crippen LogP contribution in [0.25, 0.3) is 0 Å². The maximum atomic E-state index is 12.6. The van der Waals surface area contributed by atoms with Crippen LogP contribution in [0, 0.1) is 17.0 Å². The number of rotatable bonds is 4. The van der Waals surface area contributed by atoms with Crippen LogP contribution in [0.1, 0.15) is 21.5 Å². The summed E-state index contributed by atoms with van der Waals surface area (Å²) in [5.41, 5.74) is 3.73. The largest absolute Gasteiger partial charge is 0.416 e. The molecule has 2 aromatic rings. The second kappa shape index (κ2) is 6.57. The monoisotopic (exact) mass is 339 g/mol. The third-order valence-corrected chi connectivity index (χ3v) is 3.26. The van der Waals surface area contributed by atoms with Crippen LogP contribution < -0.4 is 10.9 Å². The molecule has 2 N–H and O–H groups in total. The van der Waals surface area contributed by atoms with Crippen molar-refractivity contribution in [1.29, 1.82) is 0 Å². The summed E-state index contributed by atoms with van der Waals surface area (Å²) in [6, 6.07) is 8.26. The zero-order valence-corrected chi connectivity index (χ0v) is 12.3. The Kier molecular flexibility index (Phi) is 4.72. The maximum absolute atomic E-state index is 12.6. The second-order valence-electron chi connectivity index (χ2n) is 4.86. The van der Waals surface area contributed by atoms with Gasteiger partial charge in [-0.25, -0.2) is 0 Å². The number of anilines is 1. The van der Waals surface area contributed by atoms with Gasteiger partial charge in [0.25, 0.3) is 11.6 Å². The maximum Gasteiger partial charge on any atom is 0.416 e. The molecule has 0 bridgehead atoms. The van der Waals surface area contributed by atoms with Gasteiger partial charge in [0.1, 0.15) is 0 Å². The lowest BCUT2D eigenvalue weighted by Crippen LogP contribution is -2.30. The van der Waals surface area contributed by atoms with E-state index in [9.17, 15) is 28.1 Å². The van der Waals surface area contributed by atoms with Crippen LogP contribution in [-0.2, 0) is 6.18 Å². The molecule has 2 aromatic carbocycles. The molecule has 0 unspecified atom stereocenters. The summed E-state index contributed by atoms with van der Waals surface area (Å²) in [5.74, 6) is -0.700. The topological polar surface area (TPSA) is 84.3 Å². The fraction of sp³-hybridized carbons (Fsp3) is 0.133. The van der Waals surface area contributed by atoms with Crippen LogP contribution >= 0.6 is 0 Å². The van der Waals surface area contributed by atoms with Gasteiger partial charge in [0.05, 0.1) is 21.7 Å². The van der Waals surface area contributed by atoms with Crippen molar-refractivity contribution >= 4 is 17.3 Å². The van der Waals surface area contributed by atoms with Gasteiger partial charge < -0.3 is 0 Å². The van der Waals surface area contributed by atoms with Crippen LogP contribution in [-0.4, -0.2) is 10.8 Å². The number of hydrogen-bond donors (Lipinski definition) is 2. The molecule has 1 amide bonds. The van der Waals surface area contributed by atoms with Gasteiger partial charge >= 0.3 is 6.18 Å². The van der Waals surface area contributed by atoms with Gasteiger partial charge in [-0.1, -0.05) is 12.1 Å². The van der Waals surface area contributed by atoms with E-state index in [4.69, 9.17) is 0 Å². The fourth-order valence-corrected chi connectivity index (χ4v) is 2.04. The molecule has 0 aromatic heterocycles. The van der Waals surface area contributed by atoms with E-state index in [1.165, 1.54) is 37.3 Å². The third-order valence-electron chi connectivity index (χ3n) is 3.26. The van der Waals surface area contributed by atoms with Crippen molar-refractivity contribution in [2.24, 2.45) is 0 Å². The van der Waals surface area contributed by atoms with Crippen LogP contribution in [0.15, 0.2) is 42.5 Å². The Morgan fingerprint density at radius 2 is 1.83 bits per heavy atom. The van der Waals surface area contributed by atoms with Crippen molar-refractivity contribution in [3.63, 3.8) is 0 Å². The van der Waals surface area contributed by atoms with E-state index in [1.807, 2.05) is 0 Å². The molecule has 0 saturated heterocycles. The zero-order valence-electron chi connectivity index (χ0n) is 12.3. The summed E-state index contributed by atoms with van der Waals surface area (Å²) in [7, 11) is 0. The highest BCUT2D eigenvalue weighted by molar-refractivity contribution is 5.97. The quantitative estimate of drug-likeness (QED) is 0.657. The van der Waals surface area contributed by atoms with Crippen molar-refractivity contribution in [2.75, 3.05) is 5.43 Å². The average Bonchev–Trinajstić information content (AvgIpc) is 2.52. The second-order valence-corrected chi connectivity index (χ2v) is 4.86. The highest BCUT2D eigenvalue weighted by Gasteiger charge is 2.30. The predicted molar refractivity (Wildman–Crippen MR) is 80.4 cm³/mol. The Bertz CT molecular complexity index is 791. The van der Waals surface area contributed by atoms with E-state index >= 15 is 0 Å². The van der Waals surface area contributed by atoms with Crippen molar-refractivity contribution in [1.82, 2.24) is 5.43 Å². The summed E-state index contributed by atoms with van der Waals surface area (Å²) in [6.45, 7) is 1.41. The minimum Gasteiger partial charge on any atom is -0.298 e. The number of hydrazine groups is 1. The molecule has 126 valence electrons.